The molecule has 3 aromatic rings. The Balaban J connectivity index is 1.65. The lowest BCUT2D eigenvalue weighted by Gasteiger charge is -2.20. The third kappa shape index (κ3) is 2.86. The average molecular weight is 341 g/mol. The molecule has 0 saturated heterocycles. The molecule has 128 valence electrons. The van der Waals surface area contributed by atoms with Gasteiger partial charge in [0, 0.05) is 24.7 Å². The number of anilines is 1. The van der Waals surface area contributed by atoms with E-state index in [0.717, 1.165) is 24.2 Å². The summed E-state index contributed by atoms with van der Waals surface area (Å²) in [6.45, 7) is 3.70. The van der Waals surface area contributed by atoms with Crippen molar-refractivity contribution < 1.29 is 13.2 Å². The van der Waals surface area contributed by atoms with Gasteiger partial charge in [0.1, 0.15) is 0 Å². The molecule has 0 amide bonds. The summed E-state index contributed by atoms with van der Waals surface area (Å²) in [6.07, 6.45) is -4.29. The van der Waals surface area contributed by atoms with Gasteiger partial charge in [0.15, 0.2) is 0 Å². The van der Waals surface area contributed by atoms with Gasteiger partial charge in [-0.3, -0.25) is 0 Å². The van der Waals surface area contributed by atoms with Crippen LogP contribution in [0.25, 0.3) is 10.8 Å². The van der Waals surface area contributed by atoms with Crippen molar-refractivity contribution in [3.63, 3.8) is 0 Å². The van der Waals surface area contributed by atoms with Crippen molar-refractivity contribution in [2.75, 3.05) is 11.4 Å². The molecule has 0 radical (unpaired) electrons. The highest BCUT2D eigenvalue weighted by Gasteiger charge is 2.30. The summed E-state index contributed by atoms with van der Waals surface area (Å²) >= 11 is 0. The van der Waals surface area contributed by atoms with Crippen LogP contribution in [0.1, 0.15) is 29.5 Å². The maximum Gasteiger partial charge on any atom is 0.416 e. The quantitative estimate of drug-likeness (QED) is 0.554. The highest BCUT2D eigenvalue weighted by atomic mass is 19.4. The molecule has 0 spiro atoms. The van der Waals surface area contributed by atoms with E-state index >= 15 is 0 Å². The Morgan fingerprint density at radius 2 is 1.68 bits per heavy atom. The molecule has 1 atom stereocenters. The second kappa shape index (κ2) is 5.80. The molecular weight excluding hydrogens is 323 g/mol. The lowest BCUT2D eigenvalue weighted by molar-refractivity contribution is -0.137. The van der Waals surface area contributed by atoms with Crippen LogP contribution in [-0.2, 0) is 12.7 Å². The third-order valence-corrected chi connectivity index (χ3v) is 4.93. The average Bonchev–Trinajstić information content (AvgIpc) is 2.91. The predicted octanol–water partition coefficient (Wildman–Crippen LogP) is 5.98. The summed E-state index contributed by atoms with van der Waals surface area (Å²) in [5.41, 5.74) is 2.81. The molecule has 1 unspecified atom stereocenters. The molecule has 1 nitrogen and oxygen atoms in total. The predicted molar refractivity (Wildman–Crippen MR) is 94.9 cm³/mol. The van der Waals surface area contributed by atoms with Crippen molar-refractivity contribution in [2.24, 2.45) is 0 Å². The van der Waals surface area contributed by atoms with E-state index in [9.17, 15) is 13.2 Å². The molecular formula is C21H18F3N. The van der Waals surface area contributed by atoms with E-state index in [-0.39, 0.29) is 0 Å². The third-order valence-electron chi connectivity index (χ3n) is 4.93. The minimum Gasteiger partial charge on any atom is -0.366 e. The summed E-state index contributed by atoms with van der Waals surface area (Å²) < 4.78 is 38.1. The maximum atomic E-state index is 12.7. The van der Waals surface area contributed by atoms with Crippen LogP contribution in [0.3, 0.4) is 0 Å². The van der Waals surface area contributed by atoms with Crippen LogP contribution in [0, 0.1) is 0 Å². The van der Waals surface area contributed by atoms with Crippen LogP contribution < -0.4 is 4.90 Å². The zero-order valence-electron chi connectivity index (χ0n) is 13.8. The molecule has 3 aromatic carbocycles. The Labute approximate surface area is 144 Å². The van der Waals surface area contributed by atoms with Crippen molar-refractivity contribution in [2.45, 2.75) is 25.6 Å². The van der Waals surface area contributed by atoms with Crippen molar-refractivity contribution in [3.05, 3.63) is 77.4 Å². The van der Waals surface area contributed by atoms with Crippen LogP contribution in [0.4, 0.5) is 18.9 Å². The maximum absolute atomic E-state index is 12.7. The van der Waals surface area contributed by atoms with Crippen molar-refractivity contribution in [3.8, 4) is 0 Å². The number of alkyl halides is 3. The second-order valence-corrected chi connectivity index (χ2v) is 6.70. The zero-order valence-corrected chi connectivity index (χ0v) is 13.8. The summed E-state index contributed by atoms with van der Waals surface area (Å²) in [5.74, 6) is 0.399. The molecule has 0 aromatic heterocycles. The minimum atomic E-state index is -4.29. The van der Waals surface area contributed by atoms with E-state index in [1.807, 2.05) is 12.1 Å². The van der Waals surface area contributed by atoms with Gasteiger partial charge in [0.25, 0.3) is 0 Å². The summed E-state index contributed by atoms with van der Waals surface area (Å²) in [4.78, 5) is 2.26. The number of benzene rings is 3. The Bertz CT molecular complexity index is 913. The molecule has 1 aliphatic heterocycles. The van der Waals surface area contributed by atoms with Gasteiger partial charge >= 0.3 is 6.18 Å². The number of rotatable bonds is 2. The largest absolute Gasteiger partial charge is 0.416 e. The van der Waals surface area contributed by atoms with Crippen LogP contribution >= 0.6 is 0 Å². The first-order valence-corrected chi connectivity index (χ1v) is 8.36. The molecule has 0 aliphatic carbocycles. The molecule has 0 N–H and O–H groups in total. The van der Waals surface area contributed by atoms with E-state index in [0.29, 0.717) is 12.5 Å². The highest BCUT2D eigenvalue weighted by molar-refractivity contribution is 5.92. The molecule has 0 fully saturated rings. The van der Waals surface area contributed by atoms with E-state index in [1.54, 1.807) is 12.1 Å². The molecule has 4 heteroatoms. The molecule has 1 aliphatic rings. The number of hydrogen-bond donors (Lipinski definition) is 0. The summed E-state index contributed by atoms with van der Waals surface area (Å²) in [5, 5.41) is 2.49. The summed E-state index contributed by atoms with van der Waals surface area (Å²) in [6, 6.07) is 18.1. The van der Waals surface area contributed by atoms with Gasteiger partial charge in [-0.2, -0.15) is 13.2 Å². The number of fused-ring (bicyclic) bond motifs is 3. The fraction of sp³-hybridized carbons (Fsp3) is 0.238. The number of nitrogens with zero attached hydrogens (tertiary/aromatic N) is 1. The first-order chi connectivity index (χ1) is 11.9. The molecule has 4 rings (SSSR count). The van der Waals surface area contributed by atoms with Gasteiger partial charge in [-0.25, -0.2) is 0 Å². The fourth-order valence-corrected chi connectivity index (χ4v) is 3.77. The monoisotopic (exact) mass is 341 g/mol. The minimum absolute atomic E-state index is 0.399. The Kier molecular flexibility index (Phi) is 3.71. The first-order valence-electron chi connectivity index (χ1n) is 8.36. The fourth-order valence-electron chi connectivity index (χ4n) is 3.77. The lowest BCUT2D eigenvalue weighted by Crippen LogP contribution is -2.20. The second-order valence-electron chi connectivity index (χ2n) is 6.70. The number of hydrogen-bond acceptors (Lipinski definition) is 1. The van der Waals surface area contributed by atoms with E-state index in [2.05, 4.69) is 36.1 Å². The smallest absolute Gasteiger partial charge is 0.366 e. The molecule has 25 heavy (non-hydrogen) atoms. The van der Waals surface area contributed by atoms with Crippen molar-refractivity contribution >= 4 is 16.5 Å². The lowest BCUT2D eigenvalue weighted by atomic mass is 9.96. The van der Waals surface area contributed by atoms with E-state index < -0.39 is 11.7 Å². The van der Waals surface area contributed by atoms with Crippen LogP contribution in [0.15, 0.2) is 60.7 Å². The van der Waals surface area contributed by atoms with Gasteiger partial charge in [-0.15, -0.1) is 0 Å². The number of halogens is 3. The zero-order chi connectivity index (χ0) is 17.6. The Morgan fingerprint density at radius 1 is 0.960 bits per heavy atom. The van der Waals surface area contributed by atoms with Gasteiger partial charge in [0.2, 0.25) is 0 Å². The van der Waals surface area contributed by atoms with Crippen LogP contribution in [0.5, 0.6) is 0 Å². The standard InChI is InChI=1S/C21H18F3N/c1-14-12-25(13-15-6-9-17(10-7-15)21(22,23)24)19-11-8-16-4-2-3-5-18(16)20(14)19/h2-11,14H,12-13H2,1H3. The van der Waals surface area contributed by atoms with Gasteiger partial charge < -0.3 is 4.90 Å². The topological polar surface area (TPSA) is 3.24 Å². The summed E-state index contributed by atoms with van der Waals surface area (Å²) in [7, 11) is 0. The molecule has 0 bridgehead atoms. The van der Waals surface area contributed by atoms with Crippen LogP contribution in [-0.4, -0.2) is 6.54 Å². The van der Waals surface area contributed by atoms with E-state index in [4.69, 9.17) is 0 Å². The van der Waals surface area contributed by atoms with Crippen LogP contribution in [0.2, 0.25) is 0 Å². The molecule has 0 saturated carbocycles. The van der Waals surface area contributed by atoms with E-state index in [1.165, 1.54) is 22.0 Å². The van der Waals surface area contributed by atoms with Gasteiger partial charge in [-0.1, -0.05) is 49.4 Å². The van der Waals surface area contributed by atoms with Crippen molar-refractivity contribution in [1.29, 1.82) is 0 Å². The Morgan fingerprint density at radius 3 is 2.40 bits per heavy atom. The van der Waals surface area contributed by atoms with Gasteiger partial charge in [0.05, 0.1) is 5.56 Å². The highest BCUT2D eigenvalue weighted by Crippen LogP contribution is 2.41. The Hall–Kier alpha value is -2.49. The van der Waals surface area contributed by atoms with Crippen molar-refractivity contribution in [1.82, 2.24) is 0 Å². The first kappa shape index (κ1) is 16.0. The SMILES string of the molecule is CC1CN(Cc2ccc(C(F)(F)F)cc2)c2ccc3ccccc3c21. The molecule has 1 heterocycles. The normalized spacial score (nSPS) is 17.1. The van der Waals surface area contributed by atoms with Gasteiger partial charge in [-0.05, 0) is 40.1 Å².